The van der Waals surface area contributed by atoms with Gasteiger partial charge in [-0.1, -0.05) is 30.0 Å². The quantitative estimate of drug-likeness (QED) is 0.564. The normalized spacial score (nSPS) is 11.3. The first-order chi connectivity index (χ1) is 12.7. The number of alkyl halides is 3. The van der Waals surface area contributed by atoms with Gasteiger partial charge in [-0.3, -0.25) is 4.79 Å². The van der Waals surface area contributed by atoms with Gasteiger partial charge in [0, 0.05) is 29.9 Å². The van der Waals surface area contributed by atoms with Crippen LogP contribution in [0.3, 0.4) is 0 Å². The Morgan fingerprint density at radius 3 is 2.41 bits per heavy atom. The van der Waals surface area contributed by atoms with Gasteiger partial charge in [-0.15, -0.1) is 13.2 Å². The third kappa shape index (κ3) is 6.42. The second-order valence-electron chi connectivity index (χ2n) is 5.79. The fraction of sp³-hybridized carbons (Fsp3) is 0.389. The van der Waals surface area contributed by atoms with Crippen LogP contribution >= 0.6 is 11.8 Å². The van der Waals surface area contributed by atoms with Gasteiger partial charge in [0.1, 0.15) is 5.75 Å². The van der Waals surface area contributed by atoms with Crippen LogP contribution in [0.5, 0.6) is 5.75 Å². The summed E-state index contributed by atoms with van der Waals surface area (Å²) in [6, 6.07) is 5.72. The molecule has 0 bridgehead atoms. The molecule has 1 aromatic heterocycles. The van der Waals surface area contributed by atoms with Crippen molar-refractivity contribution in [3.05, 3.63) is 46.8 Å². The Balaban J connectivity index is 1.95. The number of carbonyl (C=O) groups is 1. The van der Waals surface area contributed by atoms with Crippen molar-refractivity contribution >= 4 is 17.7 Å². The summed E-state index contributed by atoms with van der Waals surface area (Å²) in [6.07, 6.45) is -2.25. The molecule has 0 aliphatic rings. The highest BCUT2D eigenvalue weighted by molar-refractivity contribution is 7.98. The van der Waals surface area contributed by atoms with Crippen molar-refractivity contribution in [2.45, 2.75) is 44.8 Å². The lowest BCUT2D eigenvalue weighted by molar-refractivity contribution is -0.274. The number of nitrogens with zero attached hydrogens (tertiary/aromatic N) is 2. The molecule has 9 heteroatoms. The van der Waals surface area contributed by atoms with Gasteiger partial charge in [-0.2, -0.15) is 0 Å². The zero-order valence-electron chi connectivity index (χ0n) is 15.2. The summed E-state index contributed by atoms with van der Waals surface area (Å²) in [7, 11) is 0. The molecule has 5 nitrogen and oxygen atoms in total. The van der Waals surface area contributed by atoms with E-state index in [0.29, 0.717) is 11.6 Å². The topological polar surface area (TPSA) is 64.1 Å². The van der Waals surface area contributed by atoms with Gasteiger partial charge in [-0.25, -0.2) is 9.97 Å². The number of ether oxygens (including phenoxy) is 1. The van der Waals surface area contributed by atoms with Gasteiger partial charge in [0.25, 0.3) is 0 Å². The summed E-state index contributed by atoms with van der Waals surface area (Å²) in [5.41, 5.74) is 2.80. The molecular weight excluding hydrogens is 379 g/mol. The third-order valence-corrected chi connectivity index (χ3v) is 4.41. The number of nitrogens with one attached hydrogen (secondary N) is 1. The Bertz CT molecular complexity index is 790. The Hall–Kier alpha value is -2.29. The summed E-state index contributed by atoms with van der Waals surface area (Å²) in [5.74, 6) is -0.595. The number of rotatable bonds is 7. The Kier molecular flexibility index (Phi) is 7.06. The molecule has 0 saturated carbocycles. The highest BCUT2D eigenvalue weighted by Crippen LogP contribution is 2.26. The highest BCUT2D eigenvalue weighted by Gasteiger charge is 2.31. The molecule has 0 atom stereocenters. The van der Waals surface area contributed by atoms with E-state index in [1.54, 1.807) is 6.07 Å². The Labute approximate surface area is 159 Å². The molecule has 1 N–H and O–H groups in total. The molecule has 0 aliphatic carbocycles. The van der Waals surface area contributed by atoms with Crippen LogP contribution in [0.4, 0.5) is 13.2 Å². The van der Waals surface area contributed by atoms with Crippen molar-refractivity contribution in [1.29, 1.82) is 0 Å². The average Bonchev–Trinajstić information content (AvgIpc) is 2.58. The lowest BCUT2D eigenvalue weighted by atomic mass is 10.1. The van der Waals surface area contributed by atoms with Gasteiger partial charge >= 0.3 is 6.36 Å². The first kappa shape index (κ1) is 21.0. The van der Waals surface area contributed by atoms with Crippen LogP contribution in [0, 0.1) is 13.8 Å². The summed E-state index contributed by atoms with van der Waals surface area (Å²) in [4.78, 5) is 20.8. The number of halogens is 3. The molecular formula is C18H20F3N3O2S. The van der Waals surface area contributed by atoms with Crippen molar-refractivity contribution in [2.24, 2.45) is 0 Å². The van der Waals surface area contributed by atoms with Crippen LogP contribution in [0.1, 0.15) is 28.9 Å². The zero-order valence-corrected chi connectivity index (χ0v) is 16.0. The third-order valence-electron chi connectivity index (χ3n) is 3.86. The molecule has 0 spiro atoms. The first-order valence-electron chi connectivity index (χ1n) is 8.18. The lowest BCUT2D eigenvalue weighted by Gasteiger charge is -2.14. The molecule has 0 saturated heterocycles. The van der Waals surface area contributed by atoms with E-state index in [1.807, 2.05) is 20.1 Å². The first-order valence-corrected chi connectivity index (χ1v) is 9.40. The lowest BCUT2D eigenvalue weighted by Crippen LogP contribution is -2.25. The maximum atomic E-state index is 12.4. The van der Waals surface area contributed by atoms with Crippen molar-refractivity contribution in [1.82, 2.24) is 15.3 Å². The Morgan fingerprint density at radius 1 is 1.19 bits per heavy atom. The minimum absolute atomic E-state index is 0.0506. The van der Waals surface area contributed by atoms with Gasteiger partial charge in [-0.05, 0) is 38.2 Å². The van der Waals surface area contributed by atoms with Crippen molar-refractivity contribution in [2.75, 3.05) is 6.26 Å². The van der Waals surface area contributed by atoms with Gasteiger partial charge in [0.2, 0.25) is 5.91 Å². The van der Waals surface area contributed by atoms with E-state index < -0.39 is 6.36 Å². The van der Waals surface area contributed by atoms with Crippen molar-refractivity contribution < 1.29 is 22.7 Å². The molecule has 146 valence electrons. The number of hydrogen-bond donors (Lipinski definition) is 1. The summed E-state index contributed by atoms with van der Waals surface area (Å²) in [5, 5.41) is 3.31. The number of hydrogen-bond acceptors (Lipinski definition) is 5. The molecule has 27 heavy (non-hydrogen) atoms. The maximum Gasteiger partial charge on any atom is 0.573 e. The van der Waals surface area contributed by atoms with Crippen LogP contribution in [0.2, 0.25) is 0 Å². The standard InChI is InChI=1S/C18H20F3N3O2S/c1-11-14(12(2)24-17(23-11)27-3)8-9-16(25)22-10-13-6-4-5-7-15(13)26-18(19,20)21/h4-7H,8-10H2,1-3H3,(H,22,25). The van der Waals surface area contributed by atoms with E-state index in [4.69, 9.17) is 0 Å². The molecule has 0 aliphatic heterocycles. The minimum atomic E-state index is -4.78. The number of benzene rings is 1. The van der Waals surface area contributed by atoms with Gasteiger partial charge in [0.15, 0.2) is 5.16 Å². The largest absolute Gasteiger partial charge is 0.573 e. The maximum absolute atomic E-state index is 12.4. The van der Waals surface area contributed by atoms with Crippen LogP contribution in [-0.2, 0) is 17.8 Å². The minimum Gasteiger partial charge on any atom is -0.405 e. The van der Waals surface area contributed by atoms with Crippen LogP contribution in [-0.4, -0.2) is 28.5 Å². The number of aromatic nitrogens is 2. The molecule has 0 unspecified atom stereocenters. The predicted molar refractivity (Wildman–Crippen MR) is 96.6 cm³/mol. The van der Waals surface area contributed by atoms with E-state index in [9.17, 15) is 18.0 Å². The Morgan fingerprint density at radius 2 is 1.81 bits per heavy atom. The van der Waals surface area contributed by atoms with E-state index in [1.165, 1.54) is 30.0 Å². The fourth-order valence-electron chi connectivity index (χ4n) is 2.56. The molecule has 0 radical (unpaired) electrons. The summed E-state index contributed by atoms with van der Waals surface area (Å²) < 4.78 is 41.3. The summed E-state index contributed by atoms with van der Waals surface area (Å²) in [6.45, 7) is 3.68. The van der Waals surface area contributed by atoms with Crippen molar-refractivity contribution in [3.8, 4) is 5.75 Å². The molecule has 1 aromatic carbocycles. The van der Waals surface area contributed by atoms with Crippen LogP contribution < -0.4 is 10.1 Å². The second kappa shape index (κ2) is 9.07. The van der Waals surface area contributed by atoms with Gasteiger partial charge in [0.05, 0.1) is 0 Å². The monoisotopic (exact) mass is 399 g/mol. The SMILES string of the molecule is CSc1nc(C)c(CCC(=O)NCc2ccccc2OC(F)(F)F)c(C)n1. The van der Waals surface area contributed by atoms with Crippen LogP contribution in [0.25, 0.3) is 0 Å². The molecule has 0 fully saturated rings. The molecule has 2 rings (SSSR count). The number of amides is 1. The van der Waals surface area contributed by atoms with Crippen molar-refractivity contribution in [3.63, 3.8) is 0 Å². The highest BCUT2D eigenvalue weighted by atomic mass is 32.2. The molecule has 2 aromatic rings. The van der Waals surface area contributed by atoms with E-state index in [0.717, 1.165) is 17.0 Å². The van der Waals surface area contributed by atoms with Gasteiger partial charge < -0.3 is 10.1 Å². The average molecular weight is 399 g/mol. The predicted octanol–water partition coefficient (Wildman–Crippen LogP) is 3.96. The smallest absolute Gasteiger partial charge is 0.405 e. The molecule has 1 heterocycles. The zero-order chi connectivity index (χ0) is 20.0. The number of carbonyl (C=O) groups excluding carboxylic acids is 1. The van der Waals surface area contributed by atoms with E-state index in [2.05, 4.69) is 20.0 Å². The summed E-state index contributed by atoms with van der Waals surface area (Å²) >= 11 is 1.45. The van der Waals surface area contributed by atoms with Crippen LogP contribution in [0.15, 0.2) is 29.4 Å². The second-order valence-corrected chi connectivity index (χ2v) is 6.57. The van der Waals surface area contributed by atoms with E-state index in [-0.39, 0.29) is 30.2 Å². The fourth-order valence-corrected chi connectivity index (χ4v) is 3.01. The number of para-hydroxylation sites is 1. The number of aryl methyl sites for hydroxylation is 2. The number of thioether (sulfide) groups is 1. The molecule has 1 amide bonds. The van der Waals surface area contributed by atoms with E-state index >= 15 is 0 Å².